The van der Waals surface area contributed by atoms with Crippen molar-refractivity contribution < 1.29 is 23.0 Å². The molecule has 15 heteroatoms. The van der Waals surface area contributed by atoms with Gasteiger partial charge in [0.1, 0.15) is 5.82 Å². The number of halogens is 3. The van der Waals surface area contributed by atoms with Crippen LogP contribution in [0.2, 0.25) is 0 Å². The third-order valence-corrected chi connectivity index (χ3v) is 3.11. The molecule has 0 saturated carbocycles. The number of nitro groups is 2. The summed E-state index contributed by atoms with van der Waals surface area (Å²) in [6.45, 7) is 0. The number of aromatic amines is 1. The maximum absolute atomic E-state index is 12.7. The van der Waals surface area contributed by atoms with Crippen molar-refractivity contribution in [3.63, 3.8) is 0 Å². The minimum absolute atomic E-state index is 0.0787. The number of nitrogens with one attached hydrogen (secondary N) is 1. The first-order valence-corrected chi connectivity index (χ1v) is 7.99. The molecular weight excluding hydrogens is 425 g/mol. The molecule has 0 fully saturated rings. The molecule has 4 aromatic heterocycles. The van der Waals surface area contributed by atoms with Crippen molar-refractivity contribution >= 4 is 11.6 Å². The molecule has 0 atom stereocenters. The van der Waals surface area contributed by atoms with Crippen LogP contribution < -0.4 is 0 Å². The zero-order valence-electron chi connectivity index (χ0n) is 15.2. The van der Waals surface area contributed by atoms with Crippen molar-refractivity contribution in [2.24, 2.45) is 0 Å². The van der Waals surface area contributed by atoms with Crippen molar-refractivity contribution in [2.45, 2.75) is 0 Å². The Hall–Kier alpha value is -4.69. The molecule has 0 radical (unpaired) electrons. The van der Waals surface area contributed by atoms with E-state index in [1.54, 1.807) is 0 Å². The lowest BCUT2D eigenvalue weighted by Gasteiger charge is -1.94. The zero-order valence-corrected chi connectivity index (χ0v) is 15.2. The van der Waals surface area contributed by atoms with Crippen LogP contribution in [0.15, 0.2) is 61.2 Å². The summed E-state index contributed by atoms with van der Waals surface area (Å²) in [6.07, 6.45) is 5.05. The third-order valence-electron chi connectivity index (χ3n) is 3.11. The largest absolute Gasteiger partial charge is 0.390 e. The number of H-pyrrole nitrogens is 1. The first-order valence-electron chi connectivity index (χ1n) is 7.99. The molecular formula is C16H11F3N8O4. The van der Waals surface area contributed by atoms with Crippen LogP contribution in [0, 0.1) is 37.9 Å². The van der Waals surface area contributed by atoms with E-state index in [1.165, 1.54) is 41.5 Å². The van der Waals surface area contributed by atoms with Gasteiger partial charge in [-0.15, -0.1) is 9.78 Å². The lowest BCUT2D eigenvalue weighted by molar-refractivity contribution is -0.389. The number of nitrogens with zero attached hydrogens (tertiary/aromatic N) is 7. The van der Waals surface area contributed by atoms with Crippen LogP contribution in [0.5, 0.6) is 0 Å². The average molecular weight is 436 g/mol. The van der Waals surface area contributed by atoms with Gasteiger partial charge in [0, 0.05) is 24.5 Å². The predicted octanol–water partition coefficient (Wildman–Crippen LogP) is 2.99. The fourth-order valence-corrected chi connectivity index (χ4v) is 1.82. The molecule has 0 aromatic carbocycles. The standard InChI is InChI=1S/C8H5FN4O2.C5H3F2N.C3H3N3O2/c9-7-5-6(1-3-10-7)12-4-2-8(11-12)13(14)15;6-4-1-2-8-5(7)3-4;7-6(8)3-1-2-4-5-3/h1-5H;1-3H;1-2H,(H,4,5). The van der Waals surface area contributed by atoms with Crippen LogP contribution in [0.1, 0.15) is 0 Å². The van der Waals surface area contributed by atoms with E-state index in [0.29, 0.717) is 5.69 Å². The fraction of sp³-hybridized carbons (Fsp3) is 0. The first kappa shape index (κ1) is 22.6. The molecule has 4 rings (SSSR count). The molecule has 0 aliphatic heterocycles. The Morgan fingerprint density at radius 1 is 0.871 bits per heavy atom. The van der Waals surface area contributed by atoms with Crippen LogP contribution in [0.25, 0.3) is 5.69 Å². The van der Waals surface area contributed by atoms with Crippen molar-refractivity contribution in [3.05, 3.63) is 99.1 Å². The van der Waals surface area contributed by atoms with E-state index in [9.17, 15) is 33.4 Å². The molecule has 160 valence electrons. The van der Waals surface area contributed by atoms with Gasteiger partial charge in [-0.05, 0) is 22.0 Å². The third kappa shape index (κ3) is 7.33. The van der Waals surface area contributed by atoms with Gasteiger partial charge in [-0.25, -0.2) is 14.4 Å². The van der Waals surface area contributed by atoms with Gasteiger partial charge < -0.3 is 20.2 Å². The number of aromatic nitrogens is 6. The van der Waals surface area contributed by atoms with Crippen molar-refractivity contribution in [2.75, 3.05) is 0 Å². The summed E-state index contributed by atoms with van der Waals surface area (Å²) >= 11 is 0. The Bertz CT molecular complexity index is 1140. The van der Waals surface area contributed by atoms with Crippen molar-refractivity contribution in [1.29, 1.82) is 0 Å². The number of hydrogen-bond donors (Lipinski definition) is 1. The molecule has 0 aliphatic rings. The minimum Gasteiger partial charge on any atom is -0.358 e. The highest BCUT2D eigenvalue weighted by atomic mass is 19.1. The molecule has 0 unspecified atom stereocenters. The second-order valence-corrected chi connectivity index (χ2v) is 5.21. The van der Waals surface area contributed by atoms with Gasteiger partial charge in [0.05, 0.1) is 35.3 Å². The van der Waals surface area contributed by atoms with Gasteiger partial charge in [0.25, 0.3) is 0 Å². The van der Waals surface area contributed by atoms with Crippen LogP contribution in [-0.4, -0.2) is 39.8 Å². The van der Waals surface area contributed by atoms with Crippen molar-refractivity contribution in [3.8, 4) is 5.69 Å². The normalized spacial score (nSPS) is 9.65. The van der Waals surface area contributed by atoms with Crippen LogP contribution >= 0.6 is 0 Å². The minimum atomic E-state index is -0.787. The summed E-state index contributed by atoms with van der Waals surface area (Å²) in [5.74, 6) is -2.41. The van der Waals surface area contributed by atoms with Crippen LogP contribution in [0.3, 0.4) is 0 Å². The zero-order chi connectivity index (χ0) is 22.8. The van der Waals surface area contributed by atoms with Gasteiger partial charge in [-0.1, -0.05) is 5.10 Å². The van der Waals surface area contributed by atoms with Gasteiger partial charge in [-0.3, -0.25) is 0 Å². The molecule has 4 heterocycles. The first-order chi connectivity index (χ1) is 14.8. The van der Waals surface area contributed by atoms with E-state index in [2.05, 4.69) is 25.3 Å². The van der Waals surface area contributed by atoms with Gasteiger partial charge in [-0.2, -0.15) is 8.78 Å². The number of rotatable bonds is 3. The molecule has 1 N–H and O–H groups in total. The van der Waals surface area contributed by atoms with E-state index >= 15 is 0 Å². The lowest BCUT2D eigenvalue weighted by atomic mass is 10.4. The molecule has 12 nitrogen and oxygen atoms in total. The van der Waals surface area contributed by atoms with E-state index in [-0.39, 0.29) is 11.6 Å². The Labute approximate surface area is 170 Å². The van der Waals surface area contributed by atoms with Gasteiger partial charge in [0.2, 0.25) is 11.9 Å². The van der Waals surface area contributed by atoms with Crippen LogP contribution in [0.4, 0.5) is 24.8 Å². The summed E-state index contributed by atoms with van der Waals surface area (Å²) in [4.78, 5) is 25.5. The molecule has 0 aliphatic carbocycles. The fourth-order valence-electron chi connectivity index (χ4n) is 1.82. The maximum Gasteiger partial charge on any atom is 0.390 e. The van der Waals surface area contributed by atoms with E-state index in [4.69, 9.17) is 0 Å². The second-order valence-electron chi connectivity index (χ2n) is 5.21. The molecule has 0 bridgehead atoms. The van der Waals surface area contributed by atoms with Crippen molar-refractivity contribution in [1.82, 2.24) is 29.9 Å². The summed E-state index contributed by atoms with van der Waals surface area (Å²) in [6, 6.07) is 6.97. The monoisotopic (exact) mass is 436 g/mol. The molecule has 0 saturated heterocycles. The Morgan fingerprint density at radius 3 is 1.97 bits per heavy atom. The number of hydrogen-bond acceptors (Lipinski definition) is 8. The quantitative estimate of drug-likeness (QED) is 0.291. The van der Waals surface area contributed by atoms with Gasteiger partial charge in [0.15, 0.2) is 0 Å². The smallest absolute Gasteiger partial charge is 0.358 e. The Balaban J connectivity index is 0.000000181. The molecule has 0 amide bonds. The van der Waals surface area contributed by atoms with E-state index < -0.39 is 27.6 Å². The Morgan fingerprint density at radius 2 is 1.55 bits per heavy atom. The Kier molecular flexibility index (Phi) is 7.83. The summed E-state index contributed by atoms with van der Waals surface area (Å²) < 4.78 is 37.6. The summed E-state index contributed by atoms with van der Waals surface area (Å²) in [5.41, 5.74) is 0.385. The highest BCUT2D eigenvalue weighted by molar-refractivity contribution is 5.30. The average Bonchev–Trinajstić information content (AvgIpc) is 3.41. The lowest BCUT2D eigenvalue weighted by Crippen LogP contribution is -1.97. The molecule has 4 aromatic rings. The van der Waals surface area contributed by atoms with Gasteiger partial charge >= 0.3 is 11.6 Å². The highest BCUT2D eigenvalue weighted by Crippen LogP contribution is 2.11. The molecule has 0 spiro atoms. The predicted molar refractivity (Wildman–Crippen MR) is 97.4 cm³/mol. The number of pyridine rings is 2. The summed E-state index contributed by atoms with van der Waals surface area (Å²) in [5, 5.41) is 29.4. The maximum atomic E-state index is 12.7. The SMILES string of the molecule is Fc1ccnc(F)c1.O=[N+]([O-])c1ccn(-c2ccnc(F)c2)n1.O=[N+]([O-])c1ccn[nH]1. The molecule has 31 heavy (non-hydrogen) atoms. The highest BCUT2D eigenvalue weighted by Gasteiger charge is 2.12. The topological polar surface area (TPSA) is 159 Å². The second kappa shape index (κ2) is 10.7. The van der Waals surface area contributed by atoms with E-state index in [1.807, 2.05) is 0 Å². The van der Waals surface area contributed by atoms with Crippen LogP contribution in [-0.2, 0) is 0 Å². The summed E-state index contributed by atoms with van der Waals surface area (Å²) in [7, 11) is 0. The van der Waals surface area contributed by atoms with E-state index in [0.717, 1.165) is 24.4 Å².